The number of hydrogen-bond donors (Lipinski definition) is 5. The Morgan fingerprint density at radius 3 is 1.93 bits per heavy atom. The topological polar surface area (TPSA) is 187 Å². The third kappa shape index (κ3) is 8.48. The number of rotatable bonds is 11. The highest BCUT2D eigenvalue weighted by Gasteiger charge is 2.40. The van der Waals surface area contributed by atoms with Gasteiger partial charge in [0.2, 0.25) is 5.91 Å². The molecule has 1 saturated heterocycles. The van der Waals surface area contributed by atoms with Gasteiger partial charge in [0.05, 0.1) is 44.7 Å². The minimum Gasteiger partial charge on any atom is -0.453 e. The van der Waals surface area contributed by atoms with E-state index in [4.69, 9.17) is 9.47 Å². The maximum Gasteiger partial charge on any atom is 0.407 e. The monoisotopic (exact) mass is 775 g/mol. The number of methoxy groups -OCH3 is 2. The van der Waals surface area contributed by atoms with Crippen LogP contribution in [0.15, 0.2) is 85.2 Å². The van der Waals surface area contributed by atoms with E-state index in [1.807, 2.05) is 36.4 Å². The van der Waals surface area contributed by atoms with E-state index in [1.165, 1.54) is 14.2 Å². The molecule has 4 amide bonds. The Hall–Kier alpha value is -6.22. The van der Waals surface area contributed by atoms with Gasteiger partial charge in [-0.05, 0) is 53.5 Å². The molecule has 298 valence electrons. The Balaban J connectivity index is 1.00. The van der Waals surface area contributed by atoms with Crippen LogP contribution in [0.5, 0.6) is 0 Å². The van der Waals surface area contributed by atoms with Crippen LogP contribution < -0.4 is 16.0 Å². The van der Waals surface area contributed by atoms with Crippen LogP contribution in [0.4, 0.5) is 9.59 Å². The Morgan fingerprint density at radius 1 is 0.772 bits per heavy atom. The SMILES string of the molecule is C=C(C)[C@H](NC(=O)OC)C(=O)N1CC=C[C@H]1c1ncc(-c2ccc(-c3ccc(-c4cnc([C@@H]5CNCN5C(=O)[C@@H](NC(=O)OC)C5CCCCC5)[nH]4)cc3)cc2)[nH]1. The number of ether oxygens (including phenoxy) is 2. The van der Waals surface area contributed by atoms with Crippen molar-refractivity contribution >= 4 is 24.0 Å². The molecule has 0 spiro atoms. The Kier molecular flexibility index (Phi) is 11.8. The number of nitrogens with zero attached hydrogens (tertiary/aromatic N) is 4. The molecular formula is C42H49N9O6. The minimum absolute atomic E-state index is 0.0663. The van der Waals surface area contributed by atoms with Crippen LogP contribution in [0.2, 0.25) is 0 Å². The predicted molar refractivity (Wildman–Crippen MR) is 213 cm³/mol. The molecule has 1 aliphatic carbocycles. The lowest BCUT2D eigenvalue weighted by Crippen LogP contribution is -2.53. The van der Waals surface area contributed by atoms with E-state index in [1.54, 1.807) is 29.1 Å². The van der Waals surface area contributed by atoms with Crippen molar-refractivity contribution in [2.45, 2.75) is 63.2 Å². The summed E-state index contributed by atoms with van der Waals surface area (Å²) in [6.45, 7) is 6.85. The van der Waals surface area contributed by atoms with E-state index in [0.29, 0.717) is 37.0 Å². The highest BCUT2D eigenvalue weighted by atomic mass is 16.5. The normalized spacial score (nSPS) is 19.2. The number of amides is 4. The van der Waals surface area contributed by atoms with E-state index in [2.05, 4.69) is 66.7 Å². The molecule has 15 heteroatoms. The number of carbonyl (C=O) groups excluding carboxylic acids is 4. The number of imidazole rings is 2. The fourth-order valence-electron chi connectivity index (χ4n) is 7.93. The van der Waals surface area contributed by atoms with Crippen molar-refractivity contribution in [2.24, 2.45) is 5.92 Å². The number of benzene rings is 2. The van der Waals surface area contributed by atoms with Crippen molar-refractivity contribution in [3.8, 4) is 33.6 Å². The second-order valence-electron chi connectivity index (χ2n) is 14.7. The van der Waals surface area contributed by atoms with Gasteiger partial charge in [0.25, 0.3) is 5.91 Å². The molecule has 2 aromatic heterocycles. The lowest BCUT2D eigenvalue weighted by Gasteiger charge is -2.33. The van der Waals surface area contributed by atoms with Crippen molar-refractivity contribution in [3.63, 3.8) is 0 Å². The molecule has 4 heterocycles. The smallest absolute Gasteiger partial charge is 0.407 e. The summed E-state index contributed by atoms with van der Waals surface area (Å²) in [6, 6.07) is 14.0. The van der Waals surface area contributed by atoms with Crippen LogP contribution in [-0.4, -0.2) is 99.8 Å². The third-order valence-corrected chi connectivity index (χ3v) is 11.1. The number of aromatic amines is 2. The fraction of sp³-hybridized carbons (Fsp3) is 0.381. The molecule has 0 unspecified atom stereocenters. The zero-order chi connectivity index (χ0) is 40.1. The molecule has 4 atom stereocenters. The first-order chi connectivity index (χ1) is 27.6. The molecule has 3 aliphatic rings. The summed E-state index contributed by atoms with van der Waals surface area (Å²) in [5, 5.41) is 8.71. The van der Waals surface area contributed by atoms with Crippen molar-refractivity contribution < 1.29 is 28.7 Å². The van der Waals surface area contributed by atoms with E-state index in [-0.39, 0.29) is 23.8 Å². The van der Waals surface area contributed by atoms with Gasteiger partial charge in [0.1, 0.15) is 35.8 Å². The van der Waals surface area contributed by atoms with Crippen LogP contribution >= 0.6 is 0 Å². The van der Waals surface area contributed by atoms with Gasteiger partial charge in [-0.25, -0.2) is 19.6 Å². The molecular weight excluding hydrogens is 727 g/mol. The molecule has 0 radical (unpaired) electrons. The standard InChI is InChI=1S/C42H49N9O6/c1-25(2)35(48-41(54)56-3)39(52)50-20-8-11-33(50)37-44-21-31(46-37)28-16-12-26(13-17-28)27-14-18-29(19-15-27)32-22-45-38(47-32)34-23-43-24-51(34)40(53)36(49-42(55)57-4)30-9-6-5-7-10-30/h8,11-19,21-22,30,33-36,43H,1,5-7,9-10,20,23-24H2,2-4H3,(H,44,46)(H,45,47)(H,48,54)(H,49,55)/t33-,34-,35-,36-/m0/s1. The molecule has 2 fully saturated rings. The second kappa shape index (κ2) is 17.3. The number of carbonyl (C=O) groups is 4. The van der Waals surface area contributed by atoms with E-state index >= 15 is 0 Å². The Bertz CT molecular complexity index is 2120. The Labute approximate surface area is 331 Å². The summed E-state index contributed by atoms with van der Waals surface area (Å²) in [6.07, 6.45) is 11.0. The first-order valence-electron chi connectivity index (χ1n) is 19.3. The molecule has 2 aliphatic heterocycles. The van der Waals surface area contributed by atoms with Gasteiger partial charge in [-0.2, -0.15) is 0 Å². The molecule has 4 aromatic rings. The van der Waals surface area contributed by atoms with Crippen LogP contribution in [0.3, 0.4) is 0 Å². The second-order valence-corrected chi connectivity index (χ2v) is 14.7. The van der Waals surface area contributed by atoms with Gasteiger partial charge in [-0.3, -0.25) is 14.9 Å². The van der Waals surface area contributed by atoms with Crippen LogP contribution in [-0.2, 0) is 19.1 Å². The van der Waals surface area contributed by atoms with Crippen LogP contribution in [0.1, 0.15) is 62.8 Å². The summed E-state index contributed by atoms with van der Waals surface area (Å²) >= 11 is 0. The average molecular weight is 776 g/mol. The maximum atomic E-state index is 13.9. The highest BCUT2D eigenvalue weighted by molar-refractivity contribution is 5.89. The van der Waals surface area contributed by atoms with Gasteiger partial charge in [0, 0.05) is 13.1 Å². The van der Waals surface area contributed by atoms with Crippen LogP contribution in [0, 0.1) is 5.92 Å². The number of alkyl carbamates (subject to hydrolysis) is 2. The molecule has 5 N–H and O–H groups in total. The van der Waals surface area contributed by atoms with Crippen LogP contribution in [0.25, 0.3) is 33.6 Å². The number of aromatic nitrogens is 4. The zero-order valence-electron chi connectivity index (χ0n) is 32.4. The number of hydrogen-bond acceptors (Lipinski definition) is 9. The van der Waals surface area contributed by atoms with Gasteiger partial charge < -0.3 is 39.9 Å². The van der Waals surface area contributed by atoms with Crippen molar-refractivity contribution in [1.29, 1.82) is 0 Å². The molecule has 15 nitrogen and oxygen atoms in total. The first kappa shape index (κ1) is 39.0. The number of H-pyrrole nitrogens is 2. The fourth-order valence-corrected chi connectivity index (χ4v) is 7.93. The molecule has 7 rings (SSSR count). The van der Waals surface area contributed by atoms with Gasteiger partial charge in [-0.15, -0.1) is 0 Å². The zero-order valence-corrected chi connectivity index (χ0v) is 32.4. The van der Waals surface area contributed by atoms with E-state index < -0.39 is 30.3 Å². The molecule has 2 aromatic carbocycles. The van der Waals surface area contributed by atoms with E-state index in [0.717, 1.165) is 65.7 Å². The summed E-state index contributed by atoms with van der Waals surface area (Å²) in [5.74, 6) is 0.923. The highest BCUT2D eigenvalue weighted by Crippen LogP contribution is 2.33. The van der Waals surface area contributed by atoms with Crippen molar-refractivity contribution in [2.75, 3.05) is 34.0 Å². The summed E-state index contributed by atoms with van der Waals surface area (Å²) in [4.78, 5) is 71.0. The van der Waals surface area contributed by atoms with E-state index in [9.17, 15) is 19.2 Å². The first-order valence-corrected chi connectivity index (χ1v) is 19.3. The van der Waals surface area contributed by atoms with Gasteiger partial charge in [0.15, 0.2) is 0 Å². The summed E-state index contributed by atoms with van der Waals surface area (Å²) in [7, 11) is 2.56. The number of nitrogens with one attached hydrogen (secondary N) is 5. The summed E-state index contributed by atoms with van der Waals surface area (Å²) < 4.78 is 9.57. The average Bonchev–Trinajstić information content (AvgIpc) is 4.09. The van der Waals surface area contributed by atoms with Crippen molar-refractivity contribution in [3.05, 3.63) is 96.9 Å². The molecule has 1 saturated carbocycles. The minimum atomic E-state index is -0.923. The van der Waals surface area contributed by atoms with Gasteiger partial charge >= 0.3 is 12.2 Å². The lowest BCUT2D eigenvalue weighted by molar-refractivity contribution is -0.136. The van der Waals surface area contributed by atoms with Gasteiger partial charge in [-0.1, -0.05) is 86.5 Å². The maximum absolute atomic E-state index is 13.9. The third-order valence-electron chi connectivity index (χ3n) is 11.1. The molecule has 0 bridgehead atoms. The summed E-state index contributed by atoms with van der Waals surface area (Å²) in [5.41, 5.74) is 6.11. The predicted octanol–water partition coefficient (Wildman–Crippen LogP) is 5.61. The molecule has 57 heavy (non-hydrogen) atoms. The largest absolute Gasteiger partial charge is 0.453 e. The van der Waals surface area contributed by atoms with Crippen molar-refractivity contribution in [1.82, 2.24) is 45.7 Å². The quantitative estimate of drug-likeness (QED) is 0.121. The lowest BCUT2D eigenvalue weighted by atomic mass is 9.83. The Morgan fingerprint density at radius 2 is 1.33 bits per heavy atom.